The fourth-order valence-electron chi connectivity index (χ4n) is 3.41. The van der Waals surface area contributed by atoms with Gasteiger partial charge in [-0.05, 0) is 18.4 Å². The minimum absolute atomic E-state index is 0.0159. The first kappa shape index (κ1) is 13.2. The van der Waals surface area contributed by atoms with Gasteiger partial charge in [-0.3, -0.25) is 9.59 Å². The van der Waals surface area contributed by atoms with Gasteiger partial charge in [-0.2, -0.15) is 0 Å². The minimum Gasteiger partial charge on any atom is -0.340 e. The number of rotatable bonds is 2. The zero-order chi connectivity index (χ0) is 14.2. The van der Waals surface area contributed by atoms with E-state index in [1.807, 2.05) is 30.3 Å². The van der Waals surface area contributed by atoms with Crippen molar-refractivity contribution in [3.8, 4) is 0 Å². The second-order valence-corrected chi connectivity index (χ2v) is 5.90. The van der Waals surface area contributed by atoms with Crippen molar-refractivity contribution in [1.29, 1.82) is 0 Å². The summed E-state index contributed by atoms with van der Waals surface area (Å²) in [4.78, 5) is 26.7. The summed E-state index contributed by atoms with van der Waals surface area (Å²) >= 11 is 0. The molecule has 2 fully saturated rings. The lowest BCUT2D eigenvalue weighted by Gasteiger charge is -2.42. The zero-order valence-electron chi connectivity index (χ0n) is 11.8. The molecule has 1 saturated carbocycles. The van der Waals surface area contributed by atoms with Crippen molar-refractivity contribution in [2.24, 2.45) is 0 Å². The lowest BCUT2D eigenvalue weighted by Crippen LogP contribution is -2.68. The van der Waals surface area contributed by atoms with Crippen LogP contribution in [0.2, 0.25) is 0 Å². The van der Waals surface area contributed by atoms with Crippen LogP contribution >= 0.6 is 0 Å². The number of hydrogen-bond acceptors (Lipinski definition) is 2. The molecule has 1 aliphatic carbocycles. The van der Waals surface area contributed by atoms with Crippen molar-refractivity contribution in [1.82, 2.24) is 10.2 Å². The first-order chi connectivity index (χ1) is 9.62. The standard InChI is InChI=1S/C16H20N2O2/c1-18-13(11-12-7-3-2-4-8-12)14(19)17-16(15(18)20)9-5-6-10-16/h2-4,7-8,13H,5-6,9-11H2,1H3,(H,17,19). The Bertz CT molecular complexity index is 521. The first-order valence-electron chi connectivity index (χ1n) is 7.26. The molecule has 2 aliphatic rings. The predicted octanol–water partition coefficient (Wildman–Crippen LogP) is 1.50. The third kappa shape index (κ3) is 2.09. The molecule has 1 atom stereocenters. The normalized spacial score (nSPS) is 25.1. The van der Waals surface area contributed by atoms with E-state index in [-0.39, 0.29) is 11.8 Å². The van der Waals surface area contributed by atoms with Gasteiger partial charge in [0.05, 0.1) is 0 Å². The highest BCUT2D eigenvalue weighted by molar-refractivity contribution is 6.00. The molecule has 20 heavy (non-hydrogen) atoms. The maximum absolute atomic E-state index is 12.6. The predicted molar refractivity (Wildman–Crippen MR) is 76.0 cm³/mol. The van der Waals surface area contributed by atoms with Crippen molar-refractivity contribution >= 4 is 11.8 Å². The number of likely N-dealkylation sites (N-methyl/N-ethyl adjacent to an activating group) is 1. The number of hydrogen-bond donors (Lipinski definition) is 1. The first-order valence-corrected chi connectivity index (χ1v) is 7.26. The van der Waals surface area contributed by atoms with Crippen molar-refractivity contribution < 1.29 is 9.59 Å². The molecular formula is C16H20N2O2. The van der Waals surface area contributed by atoms with Gasteiger partial charge < -0.3 is 10.2 Å². The SMILES string of the molecule is CN1C(=O)C2(CCCC2)NC(=O)C1Cc1ccccc1. The fourth-order valence-corrected chi connectivity index (χ4v) is 3.41. The van der Waals surface area contributed by atoms with Crippen LogP contribution < -0.4 is 5.32 Å². The fraction of sp³-hybridized carbons (Fsp3) is 0.500. The third-order valence-corrected chi connectivity index (χ3v) is 4.59. The molecule has 1 spiro atoms. The number of nitrogens with zero attached hydrogens (tertiary/aromatic N) is 1. The number of nitrogens with one attached hydrogen (secondary N) is 1. The van der Waals surface area contributed by atoms with Gasteiger partial charge in [-0.25, -0.2) is 0 Å². The van der Waals surface area contributed by atoms with E-state index in [0.29, 0.717) is 6.42 Å². The summed E-state index contributed by atoms with van der Waals surface area (Å²) in [5, 5.41) is 3.01. The summed E-state index contributed by atoms with van der Waals surface area (Å²) in [6.07, 6.45) is 4.16. The molecule has 4 nitrogen and oxygen atoms in total. The Morgan fingerprint density at radius 2 is 1.85 bits per heavy atom. The second kappa shape index (κ2) is 4.93. The van der Waals surface area contributed by atoms with E-state index in [9.17, 15) is 9.59 Å². The summed E-state index contributed by atoms with van der Waals surface area (Å²) in [5.41, 5.74) is 0.466. The second-order valence-electron chi connectivity index (χ2n) is 5.90. The molecule has 1 aromatic rings. The van der Waals surface area contributed by atoms with Crippen LogP contribution in [0.1, 0.15) is 31.2 Å². The minimum atomic E-state index is -0.612. The Morgan fingerprint density at radius 3 is 2.50 bits per heavy atom. The van der Waals surface area contributed by atoms with Gasteiger partial charge in [0.1, 0.15) is 11.6 Å². The van der Waals surface area contributed by atoms with Gasteiger partial charge in [0.25, 0.3) is 0 Å². The monoisotopic (exact) mass is 272 g/mol. The molecule has 1 aliphatic heterocycles. The molecule has 3 rings (SSSR count). The average Bonchev–Trinajstić information content (AvgIpc) is 2.92. The summed E-state index contributed by atoms with van der Waals surface area (Å²) in [6.45, 7) is 0. The van der Waals surface area contributed by atoms with Gasteiger partial charge in [0, 0.05) is 13.5 Å². The highest BCUT2D eigenvalue weighted by Gasteiger charge is 2.50. The van der Waals surface area contributed by atoms with Gasteiger partial charge in [-0.1, -0.05) is 43.2 Å². The topological polar surface area (TPSA) is 49.4 Å². The van der Waals surface area contributed by atoms with E-state index in [4.69, 9.17) is 0 Å². The number of amides is 2. The molecule has 1 aromatic carbocycles. The number of benzene rings is 1. The van der Waals surface area contributed by atoms with Crippen molar-refractivity contribution in [2.75, 3.05) is 7.05 Å². The maximum atomic E-state index is 12.6. The molecule has 106 valence electrons. The van der Waals surface area contributed by atoms with Crippen LogP contribution in [0.25, 0.3) is 0 Å². The molecule has 1 unspecified atom stereocenters. The number of carbonyl (C=O) groups is 2. The molecule has 2 amide bonds. The Hall–Kier alpha value is -1.84. The lowest BCUT2D eigenvalue weighted by molar-refractivity contribution is -0.153. The summed E-state index contributed by atoms with van der Waals surface area (Å²) in [6, 6.07) is 9.45. The molecule has 1 heterocycles. The van der Waals surface area contributed by atoms with E-state index in [1.165, 1.54) is 0 Å². The summed E-state index contributed by atoms with van der Waals surface area (Å²) in [5.74, 6) is 0.0633. The van der Waals surface area contributed by atoms with Crippen LogP contribution in [0.5, 0.6) is 0 Å². The highest BCUT2D eigenvalue weighted by Crippen LogP contribution is 2.34. The van der Waals surface area contributed by atoms with E-state index >= 15 is 0 Å². The van der Waals surface area contributed by atoms with Crippen molar-refractivity contribution in [2.45, 2.75) is 43.7 Å². The number of carbonyl (C=O) groups excluding carboxylic acids is 2. The Kier molecular flexibility index (Phi) is 3.24. The third-order valence-electron chi connectivity index (χ3n) is 4.59. The molecule has 4 heteroatoms. The van der Waals surface area contributed by atoms with Crippen molar-refractivity contribution in [3.05, 3.63) is 35.9 Å². The van der Waals surface area contributed by atoms with Crippen molar-refractivity contribution in [3.63, 3.8) is 0 Å². The largest absolute Gasteiger partial charge is 0.340 e. The lowest BCUT2D eigenvalue weighted by atomic mass is 9.89. The zero-order valence-corrected chi connectivity index (χ0v) is 11.8. The summed E-state index contributed by atoms with van der Waals surface area (Å²) < 4.78 is 0. The Labute approximate surface area is 119 Å². The van der Waals surface area contributed by atoms with Gasteiger partial charge in [0.15, 0.2) is 0 Å². The smallest absolute Gasteiger partial charge is 0.248 e. The summed E-state index contributed by atoms with van der Waals surface area (Å²) in [7, 11) is 1.76. The van der Waals surface area contributed by atoms with Gasteiger partial charge in [-0.15, -0.1) is 0 Å². The Morgan fingerprint density at radius 1 is 1.20 bits per heavy atom. The van der Waals surface area contributed by atoms with Crippen LogP contribution in [0, 0.1) is 0 Å². The van der Waals surface area contributed by atoms with E-state index < -0.39 is 11.6 Å². The highest BCUT2D eigenvalue weighted by atomic mass is 16.2. The van der Waals surface area contributed by atoms with E-state index in [0.717, 1.165) is 31.2 Å². The van der Waals surface area contributed by atoms with Crippen LogP contribution in [-0.2, 0) is 16.0 Å². The van der Waals surface area contributed by atoms with Crippen LogP contribution in [0.15, 0.2) is 30.3 Å². The molecule has 0 radical (unpaired) electrons. The van der Waals surface area contributed by atoms with E-state index in [2.05, 4.69) is 5.32 Å². The molecule has 1 saturated heterocycles. The molecule has 1 N–H and O–H groups in total. The molecule has 0 bridgehead atoms. The molecular weight excluding hydrogens is 252 g/mol. The molecule has 0 aromatic heterocycles. The van der Waals surface area contributed by atoms with E-state index in [1.54, 1.807) is 11.9 Å². The quantitative estimate of drug-likeness (QED) is 0.887. The average molecular weight is 272 g/mol. The number of piperazine rings is 1. The van der Waals surface area contributed by atoms with Crippen LogP contribution in [0.4, 0.5) is 0 Å². The van der Waals surface area contributed by atoms with Crippen LogP contribution in [-0.4, -0.2) is 35.3 Å². The van der Waals surface area contributed by atoms with Crippen LogP contribution in [0.3, 0.4) is 0 Å². The maximum Gasteiger partial charge on any atom is 0.248 e. The van der Waals surface area contributed by atoms with Gasteiger partial charge >= 0.3 is 0 Å². The van der Waals surface area contributed by atoms with Gasteiger partial charge in [0.2, 0.25) is 11.8 Å². The Balaban J connectivity index is 1.80.